The molecule has 2 aromatic rings. The average molecular weight is 299 g/mol. The van der Waals surface area contributed by atoms with Gasteiger partial charge in [-0.1, -0.05) is 0 Å². The summed E-state index contributed by atoms with van der Waals surface area (Å²) in [5.41, 5.74) is -0.761. The van der Waals surface area contributed by atoms with Gasteiger partial charge in [0.1, 0.15) is 11.6 Å². The molecule has 0 unspecified atom stereocenters. The second-order valence-corrected chi connectivity index (χ2v) is 4.81. The third-order valence-corrected chi connectivity index (χ3v) is 3.06. The van der Waals surface area contributed by atoms with Gasteiger partial charge in [0.05, 0.1) is 17.9 Å². The SMILES string of the molecule is CN(C)[C@@H](CNc1ccc(C(F)(F)F)cn1)c1ccco1. The molecule has 114 valence electrons. The molecule has 21 heavy (non-hydrogen) atoms. The van der Waals surface area contributed by atoms with E-state index in [1.807, 2.05) is 25.1 Å². The highest BCUT2D eigenvalue weighted by Crippen LogP contribution is 2.29. The lowest BCUT2D eigenvalue weighted by molar-refractivity contribution is -0.137. The van der Waals surface area contributed by atoms with Crippen LogP contribution in [0.1, 0.15) is 17.4 Å². The molecule has 0 spiro atoms. The molecule has 0 fully saturated rings. The molecular weight excluding hydrogens is 283 g/mol. The standard InChI is InChI=1S/C14H16F3N3O/c1-20(2)11(12-4-3-7-21-12)9-19-13-6-5-10(8-18-13)14(15,16)17/h3-8,11H,9H2,1-2H3,(H,18,19)/t11-/m0/s1. The number of halogens is 3. The van der Waals surface area contributed by atoms with Gasteiger partial charge in [0.15, 0.2) is 0 Å². The van der Waals surface area contributed by atoms with Crippen LogP contribution in [0.25, 0.3) is 0 Å². The fourth-order valence-corrected chi connectivity index (χ4v) is 1.89. The molecular formula is C14H16F3N3O. The molecule has 7 heteroatoms. The highest BCUT2D eigenvalue weighted by Gasteiger charge is 2.30. The van der Waals surface area contributed by atoms with Crippen LogP contribution in [-0.2, 0) is 6.18 Å². The predicted molar refractivity (Wildman–Crippen MR) is 72.9 cm³/mol. The lowest BCUT2D eigenvalue weighted by Crippen LogP contribution is -2.26. The Morgan fingerprint density at radius 2 is 2.05 bits per heavy atom. The van der Waals surface area contributed by atoms with Crippen molar-refractivity contribution in [1.29, 1.82) is 0 Å². The van der Waals surface area contributed by atoms with E-state index in [-0.39, 0.29) is 6.04 Å². The van der Waals surface area contributed by atoms with Crippen LogP contribution >= 0.6 is 0 Å². The van der Waals surface area contributed by atoms with Gasteiger partial charge in [-0.15, -0.1) is 0 Å². The van der Waals surface area contributed by atoms with Crippen molar-refractivity contribution in [2.75, 3.05) is 26.0 Å². The second-order valence-electron chi connectivity index (χ2n) is 4.81. The summed E-state index contributed by atoms with van der Waals surface area (Å²) in [6.45, 7) is 0.471. The van der Waals surface area contributed by atoms with E-state index in [4.69, 9.17) is 4.42 Å². The van der Waals surface area contributed by atoms with Crippen LogP contribution in [0.4, 0.5) is 19.0 Å². The van der Waals surface area contributed by atoms with Crippen LogP contribution in [0, 0.1) is 0 Å². The Morgan fingerprint density at radius 3 is 2.52 bits per heavy atom. The van der Waals surface area contributed by atoms with Gasteiger partial charge >= 0.3 is 6.18 Å². The molecule has 4 nitrogen and oxygen atoms in total. The van der Waals surface area contributed by atoms with Crippen molar-refractivity contribution in [3.05, 3.63) is 48.0 Å². The minimum atomic E-state index is -4.37. The molecule has 0 aliphatic heterocycles. The van der Waals surface area contributed by atoms with Crippen LogP contribution in [0.5, 0.6) is 0 Å². The highest BCUT2D eigenvalue weighted by molar-refractivity contribution is 5.36. The molecule has 0 saturated heterocycles. The van der Waals surface area contributed by atoms with Crippen LogP contribution in [0.15, 0.2) is 41.1 Å². The first-order valence-electron chi connectivity index (χ1n) is 6.35. The summed E-state index contributed by atoms with van der Waals surface area (Å²) >= 11 is 0. The number of anilines is 1. The summed E-state index contributed by atoms with van der Waals surface area (Å²) in [5.74, 6) is 1.17. The van der Waals surface area contributed by atoms with Gasteiger partial charge in [0, 0.05) is 12.7 Å². The lowest BCUT2D eigenvalue weighted by atomic mass is 10.2. The van der Waals surface area contributed by atoms with E-state index in [1.54, 1.807) is 12.3 Å². The van der Waals surface area contributed by atoms with Gasteiger partial charge in [0.25, 0.3) is 0 Å². The number of furan rings is 1. The third-order valence-electron chi connectivity index (χ3n) is 3.06. The summed E-state index contributed by atoms with van der Waals surface area (Å²) in [5, 5.41) is 3.01. The summed E-state index contributed by atoms with van der Waals surface area (Å²) in [7, 11) is 3.80. The zero-order chi connectivity index (χ0) is 15.5. The van der Waals surface area contributed by atoms with Gasteiger partial charge in [-0.3, -0.25) is 4.90 Å². The van der Waals surface area contributed by atoms with Gasteiger partial charge in [0.2, 0.25) is 0 Å². The molecule has 2 aromatic heterocycles. The number of hydrogen-bond acceptors (Lipinski definition) is 4. The molecule has 0 aliphatic rings. The Bertz CT molecular complexity index is 550. The average Bonchev–Trinajstić information content (AvgIpc) is 2.92. The van der Waals surface area contributed by atoms with Crippen molar-refractivity contribution in [2.24, 2.45) is 0 Å². The van der Waals surface area contributed by atoms with E-state index in [0.717, 1.165) is 18.0 Å². The van der Waals surface area contributed by atoms with Crippen molar-refractivity contribution in [3.8, 4) is 0 Å². The first-order valence-corrected chi connectivity index (χ1v) is 6.35. The maximum atomic E-state index is 12.4. The molecule has 0 aliphatic carbocycles. The second kappa shape index (κ2) is 6.17. The molecule has 1 N–H and O–H groups in total. The topological polar surface area (TPSA) is 41.3 Å². The number of likely N-dealkylation sites (N-methyl/N-ethyl adjacent to an activating group) is 1. The Labute approximate surface area is 120 Å². The molecule has 2 heterocycles. The minimum Gasteiger partial charge on any atom is -0.468 e. The van der Waals surface area contributed by atoms with Crippen molar-refractivity contribution < 1.29 is 17.6 Å². The molecule has 0 aromatic carbocycles. The Balaban J connectivity index is 2.01. The fourth-order valence-electron chi connectivity index (χ4n) is 1.89. The molecule has 0 saturated carbocycles. The molecule has 0 radical (unpaired) electrons. The number of nitrogens with zero attached hydrogens (tertiary/aromatic N) is 2. The van der Waals surface area contributed by atoms with E-state index in [0.29, 0.717) is 12.4 Å². The fraction of sp³-hybridized carbons (Fsp3) is 0.357. The van der Waals surface area contributed by atoms with E-state index < -0.39 is 11.7 Å². The first-order chi connectivity index (χ1) is 9.88. The lowest BCUT2D eigenvalue weighted by Gasteiger charge is -2.22. The summed E-state index contributed by atoms with van der Waals surface area (Å²) in [6.07, 6.45) is -1.96. The van der Waals surface area contributed by atoms with E-state index in [1.165, 1.54) is 6.07 Å². The van der Waals surface area contributed by atoms with Gasteiger partial charge < -0.3 is 9.73 Å². The van der Waals surface area contributed by atoms with E-state index in [9.17, 15) is 13.2 Å². The van der Waals surface area contributed by atoms with E-state index in [2.05, 4.69) is 10.3 Å². The van der Waals surface area contributed by atoms with Crippen molar-refractivity contribution in [1.82, 2.24) is 9.88 Å². The monoisotopic (exact) mass is 299 g/mol. The number of aromatic nitrogens is 1. The Hall–Kier alpha value is -2.02. The van der Waals surface area contributed by atoms with Crippen LogP contribution in [0.3, 0.4) is 0 Å². The summed E-state index contributed by atoms with van der Waals surface area (Å²) in [4.78, 5) is 5.73. The third kappa shape index (κ3) is 3.98. The van der Waals surface area contributed by atoms with Crippen molar-refractivity contribution >= 4 is 5.82 Å². The first kappa shape index (κ1) is 15.4. The molecule has 1 atom stereocenters. The highest BCUT2D eigenvalue weighted by atomic mass is 19.4. The van der Waals surface area contributed by atoms with Crippen molar-refractivity contribution in [2.45, 2.75) is 12.2 Å². The smallest absolute Gasteiger partial charge is 0.417 e. The van der Waals surface area contributed by atoms with Crippen LogP contribution in [0.2, 0.25) is 0 Å². The van der Waals surface area contributed by atoms with Crippen LogP contribution in [-0.4, -0.2) is 30.5 Å². The molecule has 0 bridgehead atoms. The number of hydrogen-bond donors (Lipinski definition) is 1. The largest absolute Gasteiger partial charge is 0.468 e. The van der Waals surface area contributed by atoms with Gasteiger partial charge in [-0.2, -0.15) is 13.2 Å². The Morgan fingerprint density at radius 1 is 1.29 bits per heavy atom. The zero-order valence-corrected chi connectivity index (χ0v) is 11.7. The predicted octanol–water partition coefficient (Wildman–Crippen LogP) is 3.41. The number of rotatable bonds is 5. The number of alkyl halides is 3. The maximum Gasteiger partial charge on any atom is 0.417 e. The molecule has 0 amide bonds. The number of pyridine rings is 1. The van der Waals surface area contributed by atoms with Crippen molar-refractivity contribution in [3.63, 3.8) is 0 Å². The summed E-state index contributed by atoms with van der Waals surface area (Å²) in [6, 6.07) is 5.93. The normalized spacial score (nSPS) is 13.4. The summed E-state index contributed by atoms with van der Waals surface area (Å²) < 4.78 is 42.7. The van der Waals surface area contributed by atoms with Gasteiger partial charge in [-0.05, 0) is 38.4 Å². The maximum absolute atomic E-state index is 12.4. The van der Waals surface area contributed by atoms with Crippen LogP contribution < -0.4 is 5.32 Å². The number of nitrogens with one attached hydrogen (secondary N) is 1. The minimum absolute atomic E-state index is 0.0379. The Kier molecular flexibility index (Phi) is 4.52. The quantitative estimate of drug-likeness (QED) is 0.918. The van der Waals surface area contributed by atoms with E-state index >= 15 is 0 Å². The zero-order valence-electron chi connectivity index (χ0n) is 11.7. The molecule has 2 rings (SSSR count). The van der Waals surface area contributed by atoms with Gasteiger partial charge in [-0.25, -0.2) is 4.98 Å².